The van der Waals surface area contributed by atoms with E-state index in [2.05, 4.69) is 45.1 Å². The van der Waals surface area contributed by atoms with Gasteiger partial charge in [-0.3, -0.25) is 9.88 Å². The van der Waals surface area contributed by atoms with Crippen LogP contribution < -0.4 is 4.74 Å². The molecule has 0 saturated carbocycles. The van der Waals surface area contributed by atoms with E-state index in [0.29, 0.717) is 18.4 Å². The molecule has 2 aliphatic heterocycles. The maximum Gasteiger partial charge on any atom is 0.213 e. The molecule has 0 unspecified atom stereocenters. The minimum Gasteiger partial charge on any atom is -0.471 e. The van der Waals surface area contributed by atoms with Crippen molar-refractivity contribution >= 4 is 0 Å². The standard InChI is InChI=1S/C24H30N6O2/c1-16(2)24(14-31-15-24)29-8-7-19-9-23(26-10-20(19)12-29)32-13-22-18(4)27-28-30(22)21-6-5-17(3)25-11-21/h5-6,9-11,16H,7-8,12-15H2,1-4H3. The number of rotatable bonds is 6. The molecule has 1 fully saturated rings. The molecule has 8 heteroatoms. The molecule has 5 rings (SSSR count). The van der Waals surface area contributed by atoms with Gasteiger partial charge in [0.05, 0.1) is 36.3 Å². The first-order chi connectivity index (χ1) is 15.5. The third-order valence-electron chi connectivity index (χ3n) is 6.93. The number of fused-ring (bicyclic) bond motifs is 1. The van der Waals surface area contributed by atoms with Gasteiger partial charge in [0.1, 0.15) is 12.3 Å². The zero-order chi connectivity index (χ0) is 22.3. The Bertz CT molecular complexity index is 1100. The van der Waals surface area contributed by atoms with Crippen molar-refractivity contribution in [1.29, 1.82) is 0 Å². The Morgan fingerprint density at radius 2 is 1.97 bits per heavy atom. The van der Waals surface area contributed by atoms with Gasteiger partial charge in [-0.05, 0) is 49.4 Å². The predicted molar refractivity (Wildman–Crippen MR) is 120 cm³/mol. The van der Waals surface area contributed by atoms with E-state index in [0.717, 1.165) is 55.5 Å². The Hall–Kier alpha value is -2.84. The normalized spacial score (nSPS) is 17.8. The molecule has 0 bridgehead atoms. The van der Waals surface area contributed by atoms with Crippen molar-refractivity contribution in [2.45, 2.75) is 52.8 Å². The van der Waals surface area contributed by atoms with E-state index in [4.69, 9.17) is 9.47 Å². The molecule has 0 atom stereocenters. The Balaban J connectivity index is 1.30. The maximum atomic E-state index is 6.08. The lowest BCUT2D eigenvalue weighted by atomic mass is 9.81. The number of hydrogen-bond acceptors (Lipinski definition) is 7. The van der Waals surface area contributed by atoms with Crippen molar-refractivity contribution in [2.75, 3.05) is 19.8 Å². The van der Waals surface area contributed by atoms with Crippen LogP contribution >= 0.6 is 0 Å². The van der Waals surface area contributed by atoms with Crippen LogP contribution in [-0.4, -0.2) is 55.2 Å². The van der Waals surface area contributed by atoms with Crippen molar-refractivity contribution in [1.82, 2.24) is 29.9 Å². The van der Waals surface area contributed by atoms with Crippen LogP contribution in [0.1, 0.15) is 42.1 Å². The maximum absolute atomic E-state index is 6.08. The third-order valence-corrected chi connectivity index (χ3v) is 6.93. The molecule has 0 spiro atoms. The van der Waals surface area contributed by atoms with Gasteiger partial charge < -0.3 is 9.47 Å². The fraction of sp³-hybridized carbons (Fsp3) is 0.500. The minimum absolute atomic E-state index is 0.167. The largest absolute Gasteiger partial charge is 0.471 e. The van der Waals surface area contributed by atoms with Gasteiger partial charge >= 0.3 is 0 Å². The topological polar surface area (TPSA) is 78.2 Å². The first-order valence-electron chi connectivity index (χ1n) is 11.2. The lowest BCUT2D eigenvalue weighted by Crippen LogP contribution is -2.66. The number of aryl methyl sites for hydroxylation is 2. The number of nitrogens with zero attached hydrogens (tertiary/aromatic N) is 6. The highest BCUT2D eigenvalue weighted by atomic mass is 16.5. The van der Waals surface area contributed by atoms with Crippen molar-refractivity contribution in [3.8, 4) is 11.6 Å². The summed E-state index contributed by atoms with van der Waals surface area (Å²) in [5.74, 6) is 1.20. The summed E-state index contributed by atoms with van der Waals surface area (Å²) in [4.78, 5) is 11.5. The molecule has 3 aromatic rings. The van der Waals surface area contributed by atoms with Crippen LogP contribution in [0, 0.1) is 19.8 Å². The molecule has 8 nitrogen and oxygen atoms in total. The molecule has 2 aliphatic rings. The summed E-state index contributed by atoms with van der Waals surface area (Å²) in [6, 6.07) is 6.03. The third kappa shape index (κ3) is 3.67. The van der Waals surface area contributed by atoms with E-state index in [-0.39, 0.29) is 5.54 Å². The summed E-state index contributed by atoms with van der Waals surface area (Å²) in [5, 5.41) is 8.49. The van der Waals surface area contributed by atoms with E-state index in [1.807, 2.05) is 32.2 Å². The van der Waals surface area contributed by atoms with Gasteiger partial charge in [-0.15, -0.1) is 5.10 Å². The van der Waals surface area contributed by atoms with Crippen molar-refractivity contribution in [3.63, 3.8) is 0 Å². The summed E-state index contributed by atoms with van der Waals surface area (Å²) in [6.45, 7) is 12.4. The lowest BCUT2D eigenvalue weighted by molar-refractivity contribution is -0.168. The second-order valence-corrected chi connectivity index (χ2v) is 9.19. The summed E-state index contributed by atoms with van der Waals surface area (Å²) < 4.78 is 13.5. The number of aromatic nitrogens is 5. The van der Waals surface area contributed by atoms with Crippen LogP contribution in [0.15, 0.2) is 30.6 Å². The van der Waals surface area contributed by atoms with Crippen LogP contribution in [-0.2, 0) is 24.3 Å². The second kappa shape index (κ2) is 8.26. The molecular weight excluding hydrogens is 404 g/mol. The van der Waals surface area contributed by atoms with E-state index >= 15 is 0 Å². The highest BCUT2D eigenvalue weighted by Gasteiger charge is 2.47. The zero-order valence-electron chi connectivity index (χ0n) is 19.2. The van der Waals surface area contributed by atoms with Crippen LogP contribution in [0.3, 0.4) is 0 Å². The fourth-order valence-corrected chi connectivity index (χ4v) is 4.55. The molecular formula is C24H30N6O2. The minimum atomic E-state index is 0.167. The Morgan fingerprint density at radius 3 is 2.66 bits per heavy atom. The van der Waals surface area contributed by atoms with Gasteiger partial charge in [0.25, 0.3) is 0 Å². The molecule has 0 amide bonds. The van der Waals surface area contributed by atoms with Gasteiger partial charge in [0.15, 0.2) is 0 Å². The van der Waals surface area contributed by atoms with Crippen LogP contribution in [0.25, 0.3) is 5.69 Å². The summed E-state index contributed by atoms with van der Waals surface area (Å²) in [6.07, 6.45) is 4.76. The van der Waals surface area contributed by atoms with Gasteiger partial charge in [0.2, 0.25) is 5.88 Å². The quantitative estimate of drug-likeness (QED) is 0.590. The summed E-state index contributed by atoms with van der Waals surface area (Å²) in [7, 11) is 0. The van der Waals surface area contributed by atoms with E-state index in [1.54, 1.807) is 10.9 Å². The van der Waals surface area contributed by atoms with E-state index in [9.17, 15) is 0 Å². The number of hydrogen-bond donors (Lipinski definition) is 0. The Morgan fingerprint density at radius 1 is 1.12 bits per heavy atom. The zero-order valence-corrected chi connectivity index (χ0v) is 19.2. The highest BCUT2D eigenvalue weighted by molar-refractivity contribution is 5.33. The predicted octanol–water partition coefficient (Wildman–Crippen LogP) is 3.04. The molecule has 0 aliphatic carbocycles. The first kappa shape index (κ1) is 21.0. The van der Waals surface area contributed by atoms with E-state index in [1.165, 1.54) is 11.1 Å². The lowest BCUT2D eigenvalue weighted by Gasteiger charge is -2.53. The van der Waals surface area contributed by atoms with Gasteiger partial charge in [-0.2, -0.15) is 0 Å². The SMILES string of the molecule is Cc1ccc(-n2nnc(C)c2COc2cc3c(cn2)CN(C2(C(C)C)COC2)CC3)cn1. The summed E-state index contributed by atoms with van der Waals surface area (Å²) in [5.41, 5.74) is 6.32. The highest BCUT2D eigenvalue weighted by Crippen LogP contribution is 2.36. The van der Waals surface area contributed by atoms with Crippen molar-refractivity contribution in [2.24, 2.45) is 5.92 Å². The smallest absolute Gasteiger partial charge is 0.213 e. The monoisotopic (exact) mass is 434 g/mol. The molecule has 3 aromatic heterocycles. The van der Waals surface area contributed by atoms with E-state index < -0.39 is 0 Å². The van der Waals surface area contributed by atoms with Crippen LogP contribution in [0.4, 0.5) is 0 Å². The Kier molecular flexibility index (Phi) is 5.43. The molecule has 168 valence electrons. The Labute approximate surface area is 188 Å². The molecule has 32 heavy (non-hydrogen) atoms. The van der Waals surface area contributed by atoms with Gasteiger partial charge in [-0.1, -0.05) is 19.1 Å². The molecule has 5 heterocycles. The second-order valence-electron chi connectivity index (χ2n) is 9.19. The summed E-state index contributed by atoms with van der Waals surface area (Å²) >= 11 is 0. The number of pyridine rings is 2. The average molecular weight is 435 g/mol. The van der Waals surface area contributed by atoms with Crippen LogP contribution in [0.2, 0.25) is 0 Å². The van der Waals surface area contributed by atoms with Gasteiger partial charge in [-0.25, -0.2) is 9.67 Å². The van der Waals surface area contributed by atoms with Crippen LogP contribution in [0.5, 0.6) is 5.88 Å². The average Bonchev–Trinajstić information content (AvgIpc) is 3.12. The first-order valence-corrected chi connectivity index (χ1v) is 11.2. The molecule has 0 N–H and O–H groups in total. The number of ether oxygens (including phenoxy) is 2. The van der Waals surface area contributed by atoms with Crippen molar-refractivity contribution < 1.29 is 9.47 Å². The van der Waals surface area contributed by atoms with Crippen molar-refractivity contribution in [3.05, 3.63) is 58.8 Å². The molecule has 0 aromatic carbocycles. The fourth-order valence-electron chi connectivity index (χ4n) is 4.55. The molecule has 0 radical (unpaired) electrons. The van der Waals surface area contributed by atoms with Gasteiger partial charge in [0, 0.05) is 31.0 Å². The molecule has 1 saturated heterocycles.